The van der Waals surface area contributed by atoms with Crippen molar-refractivity contribution in [2.45, 2.75) is 6.10 Å². The first-order valence-electron chi connectivity index (χ1n) is 7.74. The molecule has 130 valence electrons. The van der Waals surface area contributed by atoms with E-state index in [0.29, 0.717) is 28.0 Å². The van der Waals surface area contributed by atoms with E-state index >= 15 is 0 Å². The quantitative estimate of drug-likeness (QED) is 0.675. The number of hydrogen-bond acceptors (Lipinski definition) is 7. The van der Waals surface area contributed by atoms with Crippen molar-refractivity contribution in [3.63, 3.8) is 0 Å². The van der Waals surface area contributed by atoms with Crippen LogP contribution in [0.25, 0.3) is 11.4 Å². The van der Waals surface area contributed by atoms with Crippen LogP contribution in [0.15, 0.2) is 48.5 Å². The third-order valence-corrected chi connectivity index (χ3v) is 4.37. The molecular weight excluding hydrogens is 338 g/mol. The van der Waals surface area contributed by atoms with Gasteiger partial charge in [0.05, 0.1) is 20.3 Å². The zero-order chi connectivity index (χ0) is 17.6. The maximum absolute atomic E-state index is 10.5. The van der Waals surface area contributed by atoms with Crippen LogP contribution in [-0.2, 0) is 0 Å². The standard InChI is InChI=1S/C18H19N3O3S/c1-23-13-8-9-16(24-2)14(10-13)15(22)11-19-18-20-17(21-25-18)12-6-4-3-5-7-12/h3-10,15,22H,11H2,1-2H3,(H,19,20,21). The number of ether oxygens (including phenoxy) is 2. The number of aliphatic hydroxyl groups is 1. The topological polar surface area (TPSA) is 76.5 Å². The van der Waals surface area contributed by atoms with E-state index < -0.39 is 6.10 Å². The summed E-state index contributed by atoms with van der Waals surface area (Å²) in [6, 6.07) is 15.1. The van der Waals surface area contributed by atoms with Crippen molar-refractivity contribution >= 4 is 16.7 Å². The smallest absolute Gasteiger partial charge is 0.202 e. The molecule has 0 amide bonds. The van der Waals surface area contributed by atoms with E-state index in [4.69, 9.17) is 9.47 Å². The number of aliphatic hydroxyl groups excluding tert-OH is 1. The van der Waals surface area contributed by atoms with Crippen LogP contribution in [0.2, 0.25) is 0 Å². The number of anilines is 1. The zero-order valence-corrected chi connectivity index (χ0v) is 14.8. The van der Waals surface area contributed by atoms with Crippen molar-refractivity contribution < 1.29 is 14.6 Å². The van der Waals surface area contributed by atoms with Crippen LogP contribution in [0.1, 0.15) is 11.7 Å². The summed E-state index contributed by atoms with van der Waals surface area (Å²) in [5, 5.41) is 14.3. The Bertz CT molecular complexity index is 823. The van der Waals surface area contributed by atoms with Crippen LogP contribution in [0, 0.1) is 0 Å². The second-order valence-corrected chi connectivity index (χ2v) is 6.05. The molecule has 1 heterocycles. The van der Waals surface area contributed by atoms with Gasteiger partial charge in [-0.1, -0.05) is 30.3 Å². The summed E-state index contributed by atoms with van der Waals surface area (Å²) in [6.07, 6.45) is -0.769. The Morgan fingerprint density at radius 2 is 1.92 bits per heavy atom. The largest absolute Gasteiger partial charge is 0.497 e. The molecule has 0 saturated carbocycles. The zero-order valence-electron chi connectivity index (χ0n) is 14.0. The number of methoxy groups -OCH3 is 2. The number of rotatable bonds is 7. The van der Waals surface area contributed by atoms with E-state index in [2.05, 4.69) is 14.7 Å². The Balaban J connectivity index is 1.69. The lowest BCUT2D eigenvalue weighted by Gasteiger charge is -2.16. The number of nitrogens with one attached hydrogen (secondary N) is 1. The second-order valence-electron chi connectivity index (χ2n) is 5.29. The van der Waals surface area contributed by atoms with Gasteiger partial charge in [0.2, 0.25) is 5.13 Å². The van der Waals surface area contributed by atoms with E-state index in [-0.39, 0.29) is 6.54 Å². The molecule has 6 nitrogen and oxygen atoms in total. The summed E-state index contributed by atoms with van der Waals surface area (Å²) in [7, 11) is 3.16. The minimum atomic E-state index is -0.769. The predicted octanol–water partition coefficient (Wildman–Crippen LogP) is 3.37. The molecule has 0 aliphatic rings. The molecule has 0 radical (unpaired) electrons. The first-order chi connectivity index (χ1) is 12.2. The first-order valence-corrected chi connectivity index (χ1v) is 8.51. The Labute approximate surface area is 150 Å². The molecule has 0 saturated heterocycles. The SMILES string of the molecule is COc1ccc(OC)c(C(O)CNc2nc(-c3ccccc3)ns2)c1. The fraction of sp³-hybridized carbons (Fsp3) is 0.222. The van der Waals surface area contributed by atoms with Crippen molar-refractivity contribution in [1.29, 1.82) is 0 Å². The summed E-state index contributed by atoms with van der Waals surface area (Å²) in [5.74, 6) is 1.94. The van der Waals surface area contributed by atoms with E-state index in [9.17, 15) is 5.11 Å². The molecule has 0 spiro atoms. The molecule has 0 aliphatic heterocycles. The normalized spacial score (nSPS) is 11.8. The molecule has 1 unspecified atom stereocenters. The Kier molecular flexibility index (Phi) is 5.47. The van der Waals surface area contributed by atoms with Crippen LogP contribution < -0.4 is 14.8 Å². The fourth-order valence-corrected chi connectivity index (χ4v) is 2.99. The van der Waals surface area contributed by atoms with Crippen LogP contribution in [0.5, 0.6) is 11.5 Å². The molecule has 3 aromatic rings. The van der Waals surface area contributed by atoms with Gasteiger partial charge >= 0.3 is 0 Å². The average Bonchev–Trinajstić information content (AvgIpc) is 3.15. The lowest BCUT2D eigenvalue weighted by Crippen LogP contribution is -2.13. The molecular formula is C18H19N3O3S. The van der Waals surface area contributed by atoms with Gasteiger partial charge in [-0.2, -0.15) is 9.36 Å². The third-order valence-electron chi connectivity index (χ3n) is 3.70. The Morgan fingerprint density at radius 3 is 2.64 bits per heavy atom. The number of aromatic nitrogens is 2. The number of nitrogens with zero attached hydrogens (tertiary/aromatic N) is 2. The molecule has 2 N–H and O–H groups in total. The van der Waals surface area contributed by atoms with Crippen molar-refractivity contribution in [3.8, 4) is 22.9 Å². The Hall–Kier alpha value is -2.64. The summed E-state index contributed by atoms with van der Waals surface area (Å²) in [6.45, 7) is 0.285. The van der Waals surface area contributed by atoms with Crippen molar-refractivity contribution in [2.75, 3.05) is 26.1 Å². The van der Waals surface area contributed by atoms with Crippen LogP contribution in [0.4, 0.5) is 5.13 Å². The predicted molar refractivity (Wildman–Crippen MR) is 98.3 cm³/mol. The highest BCUT2D eigenvalue weighted by atomic mass is 32.1. The lowest BCUT2D eigenvalue weighted by atomic mass is 10.1. The third kappa shape index (κ3) is 4.07. The highest BCUT2D eigenvalue weighted by Crippen LogP contribution is 2.30. The molecule has 25 heavy (non-hydrogen) atoms. The van der Waals surface area contributed by atoms with Gasteiger partial charge in [0.1, 0.15) is 11.5 Å². The maximum atomic E-state index is 10.5. The molecule has 0 bridgehead atoms. The van der Waals surface area contributed by atoms with Gasteiger partial charge in [0.25, 0.3) is 0 Å². The van der Waals surface area contributed by atoms with Gasteiger partial charge in [-0.05, 0) is 18.2 Å². The van der Waals surface area contributed by atoms with Gasteiger partial charge in [-0.3, -0.25) is 0 Å². The minimum absolute atomic E-state index is 0.285. The van der Waals surface area contributed by atoms with Crippen LogP contribution >= 0.6 is 11.5 Å². The summed E-state index contributed by atoms with van der Waals surface area (Å²) < 4.78 is 14.9. The monoisotopic (exact) mass is 357 g/mol. The lowest BCUT2D eigenvalue weighted by molar-refractivity contribution is 0.186. The number of hydrogen-bond donors (Lipinski definition) is 2. The molecule has 1 aromatic heterocycles. The molecule has 0 aliphatic carbocycles. The molecule has 2 aromatic carbocycles. The average molecular weight is 357 g/mol. The van der Waals surface area contributed by atoms with Crippen LogP contribution in [0.3, 0.4) is 0 Å². The number of benzene rings is 2. The van der Waals surface area contributed by atoms with Crippen LogP contribution in [-0.4, -0.2) is 35.2 Å². The van der Waals surface area contributed by atoms with Gasteiger partial charge in [0.15, 0.2) is 5.82 Å². The first kappa shape index (κ1) is 17.2. The maximum Gasteiger partial charge on any atom is 0.202 e. The van der Waals surface area contributed by atoms with E-state index in [0.717, 1.165) is 5.56 Å². The molecule has 3 rings (SSSR count). The summed E-state index contributed by atoms with van der Waals surface area (Å²) in [4.78, 5) is 4.45. The van der Waals surface area contributed by atoms with Gasteiger partial charge < -0.3 is 19.9 Å². The van der Waals surface area contributed by atoms with E-state index in [1.165, 1.54) is 11.5 Å². The van der Waals surface area contributed by atoms with Crippen molar-refractivity contribution in [3.05, 3.63) is 54.1 Å². The van der Waals surface area contributed by atoms with Gasteiger partial charge in [-0.25, -0.2) is 0 Å². The Morgan fingerprint density at radius 1 is 1.12 bits per heavy atom. The highest BCUT2D eigenvalue weighted by molar-refractivity contribution is 7.09. The molecule has 1 atom stereocenters. The van der Waals surface area contributed by atoms with E-state index in [1.807, 2.05) is 30.3 Å². The van der Waals surface area contributed by atoms with E-state index in [1.54, 1.807) is 32.4 Å². The molecule has 0 fully saturated rings. The molecule has 7 heteroatoms. The van der Waals surface area contributed by atoms with Crippen molar-refractivity contribution in [2.24, 2.45) is 0 Å². The van der Waals surface area contributed by atoms with Crippen molar-refractivity contribution in [1.82, 2.24) is 9.36 Å². The minimum Gasteiger partial charge on any atom is -0.497 e. The van der Waals surface area contributed by atoms with Gasteiger partial charge in [0, 0.05) is 29.2 Å². The highest BCUT2D eigenvalue weighted by Gasteiger charge is 2.15. The summed E-state index contributed by atoms with van der Waals surface area (Å²) >= 11 is 1.26. The fourth-order valence-electron chi connectivity index (χ4n) is 2.39. The summed E-state index contributed by atoms with van der Waals surface area (Å²) in [5.41, 5.74) is 1.61. The second kappa shape index (κ2) is 7.96. The van der Waals surface area contributed by atoms with Gasteiger partial charge in [-0.15, -0.1) is 0 Å².